The van der Waals surface area contributed by atoms with E-state index in [1.807, 2.05) is 30.5 Å². The van der Waals surface area contributed by atoms with Crippen LogP contribution in [0.3, 0.4) is 0 Å². The Hall–Kier alpha value is -2.71. The second-order valence-corrected chi connectivity index (χ2v) is 12.9. The van der Waals surface area contributed by atoms with E-state index in [0.29, 0.717) is 12.5 Å². The number of carbonyl (C=O) groups is 1. The van der Waals surface area contributed by atoms with Crippen LogP contribution in [0, 0.1) is 18.8 Å². The summed E-state index contributed by atoms with van der Waals surface area (Å²) in [5.74, 6) is 2.33. The van der Waals surface area contributed by atoms with Gasteiger partial charge in [0.1, 0.15) is 17.3 Å². The van der Waals surface area contributed by atoms with E-state index in [4.69, 9.17) is 14.6 Å². The van der Waals surface area contributed by atoms with E-state index in [0.717, 1.165) is 59.5 Å². The maximum Gasteiger partial charge on any atom is 2.00 e. The zero-order valence-electron chi connectivity index (χ0n) is 28.6. The van der Waals surface area contributed by atoms with Gasteiger partial charge in [0.05, 0.1) is 31.0 Å². The molecule has 3 aliphatic rings. The van der Waals surface area contributed by atoms with Crippen LogP contribution in [0.1, 0.15) is 133 Å². The van der Waals surface area contributed by atoms with Gasteiger partial charge >= 0.3 is 24.5 Å². The third-order valence-corrected chi connectivity index (χ3v) is 9.54. The maximum absolute atomic E-state index is 10.4. The zero-order chi connectivity index (χ0) is 32.4. The summed E-state index contributed by atoms with van der Waals surface area (Å²) in [5, 5.41) is 21.1. The average Bonchev–Trinajstić information content (AvgIpc) is 3.49. The summed E-state index contributed by atoms with van der Waals surface area (Å²) in [6.45, 7) is 0.615. The molecule has 1 radical (unpaired) electrons. The van der Waals surface area contributed by atoms with Crippen LogP contribution in [0.15, 0.2) is 30.5 Å². The molecule has 2 aromatic heterocycles. The number of hydrogen-bond donors (Lipinski definition) is 3. The predicted octanol–water partition coefficient (Wildman–Crippen LogP) is 9.81. The second kappa shape index (κ2) is 22.0. The van der Waals surface area contributed by atoms with Crippen LogP contribution >= 0.6 is 0 Å². The number of ether oxygens (including phenoxy) is 2. The Morgan fingerprint density at radius 3 is 2.13 bits per heavy atom. The number of carboxylic acids is 1. The molecule has 3 fully saturated rings. The quantitative estimate of drug-likeness (QED) is 0.213. The number of pyridine rings is 1. The van der Waals surface area contributed by atoms with Crippen LogP contribution in [0.4, 0.5) is 5.82 Å². The number of rotatable bonds is 7. The third-order valence-electron chi connectivity index (χ3n) is 9.54. The molecule has 8 nitrogen and oxygen atoms in total. The molecule has 47 heavy (non-hydrogen) atoms. The Morgan fingerprint density at radius 1 is 0.872 bits per heavy atom. The number of nitrogens with zero attached hydrogens (tertiary/aromatic N) is 2. The Balaban J connectivity index is 0.000000272. The van der Waals surface area contributed by atoms with Gasteiger partial charge in [-0.25, -0.2) is 4.98 Å². The molecule has 0 aliphatic heterocycles. The van der Waals surface area contributed by atoms with Crippen molar-refractivity contribution in [1.82, 2.24) is 15.2 Å². The molecule has 3 saturated carbocycles. The molecule has 3 aliphatic carbocycles. The van der Waals surface area contributed by atoms with Gasteiger partial charge in [0.2, 0.25) is 0 Å². The van der Waals surface area contributed by atoms with Gasteiger partial charge in [-0.3, -0.25) is 9.89 Å². The molecule has 257 valence electrons. The SMILES string of the molecule is COc1ccc(CNc2nccc3n[nH]c(C4CCC[CH-]CCC4)c23)c(OC)c1.O=C(O)C1CCCCC1.[CH-]1CCCCCCC1.[V+2]. The Bertz CT molecular complexity index is 1280. The fourth-order valence-electron chi connectivity index (χ4n) is 6.79. The first-order valence-electron chi connectivity index (χ1n) is 17.7. The van der Waals surface area contributed by atoms with Gasteiger partial charge in [0.25, 0.3) is 0 Å². The molecule has 6 rings (SSSR count). The smallest absolute Gasteiger partial charge is 0.497 e. The molecule has 0 amide bonds. The number of carboxylic acid groups (broad SMARTS) is 1. The Morgan fingerprint density at radius 2 is 1.51 bits per heavy atom. The number of fused-ring (bicyclic) bond motifs is 1. The van der Waals surface area contributed by atoms with Gasteiger partial charge in [0.15, 0.2) is 0 Å². The predicted molar refractivity (Wildman–Crippen MR) is 186 cm³/mol. The molecule has 2 heterocycles. The third kappa shape index (κ3) is 12.7. The van der Waals surface area contributed by atoms with Crippen molar-refractivity contribution in [2.45, 2.75) is 128 Å². The van der Waals surface area contributed by atoms with Crippen molar-refractivity contribution in [3.8, 4) is 11.5 Å². The van der Waals surface area contributed by atoms with Crippen LogP contribution in [-0.4, -0.2) is 40.5 Å². The normalized spacial score (nSPS) is 17.9. The van der Waals surface area contributed by atoms with Crippen molar-refractivity contribution in [1.29, 1.82) is 0 Å². The molecule has 0 spiro atoms. The minimum absolute atomic E-state index is 0. The summed E-state index contributed by atoms with van der Waals surface area (Å²) in [7, 11) is 3.34. The summed E-state index contributed by atoms with van der Waals surface area (Å²) >= 11 is 0. The first-order valence-corrected chi connectivity index (χ1v) is 17.7. The number of aliphatic carboxylic acids is 1. The zero-order valence-corrected chi connectivity index (χ0v) is 30.0. The minimum atomic E-state index is -0.602. The second-order valence-electron chi connectivity index (χ2n) is 12.9. The molecule has 3 aromatic rings. The molecule has 9 heteroatoms. The summed E-state index contributed by atoms with van der Waals surface area (Å²) < 4.78 is 10.8. The summed E-state index contributed by atoms with van der Waals surface area (Å²) in [5.41, 5.74) is 3.24. The average molecular weight is 684 g/mol. The summed E-state index contributed by atoms with van der Waals surface area (Å²) in [4.78, 5) is 15.0. The number of hydrogen-bond acceptors (Lipinski definition) is 6. The molecule has 1 aromatic carbocycles. The first kappa shape index (κ1) is 38.7. The van der Waals surface area contributed by atoms with E-state index in [2.05, 4.69) is 33.3 Å². The maximum atomic E-state index is 10.4. The Labute approximate surface area is 294 Å². The number of methoxy groups -OCH3 is 2. The van der Waals surface area contributed by atoms with E-state index in [-0.39, 0.29) is 24.5 Å². The number of aromatic nitrogens is 3. The van der Waals surface area contributed by atoms with Crippen LogP contribution < -0.4 is 14.8 Å². The van der Waals surface area contributed by atoms with Gasteiger partial charge in [-0.15, -0.1) is 0 Å². The number of anilines is 1. The minimum Gasteiger partial charge on any atom is -0.497 e. The van der Waals surface area contributed by atoms with Gasteiger partial charge in [-0.2, -0.15) is 30.8 Å². The van der Waals surface area contributed by atoms with Crippen molar-refractivity contribution < 1.29 is 37.9 Å². The fourth-order valence-corrected chi connectivity index (χ4v) is 6.79. The molecular formula is C38H56N4O4V. The monoisotopic (exact) mass is 683 g/mol. The van der Waals surface area contributed by atoms with E-state index in [1.165, 1.54) is 95.6 Å². The van der Waals surface area contributed by atoms with Gasteiger partial charge in [-0.05, 0) is 43.9 Å². The van der Waals surface area contributed by atoms with Crippen molar-refractivity contribution in [2.24, 2.45) is 5.92 Å². The summed E-state index contributed by atoms with van der Waals surface area (Å²) in [6, 6.07) is 7.85. The van der Waals surface area contributed by atoms with E-state index in [1.54, 1.807) is 14.2 Å². The number of benzene rings is 1. The molecular weight excluding hydrogens is 627 g/mol. The first-order chi connectivity index (χ1) is 22.6. The van der Waals surface area contributed by atoms with Crippen LogP contribution in [-0.2, 0) is 29.9 Å². The molecule has 0 unspecified atom stereocenters. The molecule has 0 atom stereocenters. The number of aromatic amines is 1. The summed E-state index contributed by atoms with van der Waals surface area (Å²) in [6.07, 6.45) is 29.2. The van der Waals surface area contributed by atoms with Crippen LogP contribution in [0.2, 0.25) is 0 Å². The Kier molecular flexibility index (Phi) is 18.2. The van der Waals surface area contributed by atoms with E-state index >= 15 is 0 Å². The van der Waals surface area contributed by atoms with Crippen molar-refractivity contribution in [2.75, 3.05) is 19.5 Å². The van der Waals surface area contributed by atoms with Gasteiger partial charge in [-0.1, -0.05) is 64.2 Å². The fraction of sp³-hybridized carbons (Fsp3) is 0.605. The van der Waals surface area contributed by atoms with E-state index in [9.17, 15) is 4.79 Å². The van der Waals surface area contributed by atoms with Gasteiger partial charge < -0.3 is 32.7 Å². The van der Waals surface area contributed by atoms with Crippen molar-refractivity contribution in [3.05, 3.63) is 54.6 Å². The largest absolute Gasteiger partial charge is 2.00 e. The van der Waals surface area contributed by atoms with Crippen LogP contribution in [0.5, 0.6) is 11.5 Å². The van der Waals surface area contributed by atoms with Gasteiger partial charge in [0, 0.05) is 36.0 Å². The number of H-pyrrole nitrogens is 1. The molecule has 3 N–H and O–H groups in total. The van der Waals surface area contributed by atoms with Crippen LogP contribution in [0.25, 0.3) is 10.9 Å². The topological polar surface area (TPSA) is 109 Å². The van der Waals surface area contributed by atoms with Crippen molar-refractivity contribution in [3.63, 3.8) is 0 Å². The molecule has 0 saturated heterocycles. The number of nitrogens with one attached hydrogen (secondary N) is 2. The van der Waals surface area contributed by atoms with E-state index < -0.39 is 5.97 Å². The van der Waals surface area contributed by atoms with Crippen molar-refractivity contribution >= 4 is 22.7 Å². The molecule has 0 bridgehead atoms. The standard InChI is InChI=1S/C23H29N4O2.C8H15.C7H12O2.V/c1-28-18-11-10-17(20(14-18)29-2)15-25-23-21-19(12-13-24-23)26-27-22(21)16-8-6-4-3-5-7-9-16;1-2-4-6-8-7-5-3-1;8-7(9)6-4-2-1-3-5-6;/h3,10-14,16H,4-9,15H2,1-2H3,(H,24,25)(H,26,27);1H,2-8H2;6H,1-5H2,(H,8,9);/q2*-1;;+2.